The van der Waals surface area contributed by atoms with Crippen LogP contribution in [0.2, 0.25) is 0 Å². The first-order valence-corrected chi connectivity index (χ1v) is 12.0. The molecule has 9 heteroatoms. The maximum Gasteiger partial charge on any atom is 0.255 e. The SMILES string of the molecule is CCOc1ccc(N(Cc2ccc(C(=O)Nc3cccc(C(N)=O)c3)cc2)S(C)(=O)=O)cc1. The molecule has 0 radical (unpaired) electrons. The van der Waals surface area contributed by atoms with Gasteiger partial charge in [-0.2, -0.15) is 0 Å². The van der Waals surface area contributed by atoms with Gasteiger partial charge in [0.05, 0.1) is 25.1 Å². The number of amides is 2. The highest BCUT2D eigenvalue weighted by atomic mass is 32.2. The number of primary amides is 1. The molecule has 0 aliphatic rings. The number of hydrogen-bond acceptors (Lipinski definition) is 5. The lowest BCUT2D eigenvalue weighted by atomic mass is 10.1. The molecule has 0 aliphatic carbocycles. The maximum atomic E-state index is 12.5. The van der Waals surface area contributed by atoms with Gasteiger partial charge in [0.1, 0.15) is 5.75 Å². The fourth-order valence-corrected chi connectivity index (χ4v) is 4.04. The quantitative estimate of drug-likeness (QED) is 0.500. The zero-order chi connectivity index (χ0) is 24.0. The lowest BCUT2D eigenvalue weighted by Gasteiger charge is -2.23. The molecule has 3 N–H and O–H groups in total. The molecule has 0 heterocycles. The molecule has 0 saturated carbocycles. The molecule has 0 fully saturated rings. The molecule has 33 heavy (non-hydrogen) atoms. The summed E-state index contributed by atoms with van der Waals surface area (Å²) >= 11 is 0. The molecule has 0 atom stereocenters. The van der Waals surface area contributed by atoms with Crippen molar-refractivity contribution in [1.82, 2.24) is 0 Å². The van der Waals surface area contributed by atoms with Crippen molar-refractivity contribution in [3.05, 3.63) is 89.5 Å². The molecule has 3 rings (SSSR count). The Kier molecular flexibility index (Phi) is 7.34. The van der Waals surface area contributed by atoms with Crippen LogP contribution in [-0.2, 0) is 16.6 Å². The van der Waals surface area contributed by atoms with Crippen LogP contribution in [0.5, 0.6) is 5.75 Å². The molecule has 3 aromatic rings. The highest BCUT2D eigenvalue weighted by molar-refractivity contribution is 7.92. The number of hydrogen-bond donors (Lipinski definition) is 2. The summed E-state index contributed by atoms with van der Waals surface area (Å²) in [5.41, 5.74) is 7.61. The predicted molar refractivity (Wildman–Crippen MR) is 128 cm³/mol. The second-order valence-corrected chi connectivity index (χ2v) is 9.20. The molecule has 0 saturated heterocycles. The third-order valence-electron chi connectivity index (χ3n) is 4.78. The van der Waals surface area contributed by atoms with Crippen molar-refractivity contribution in [2.24, 2.45) is 5.73 Å². The molecule has 8 nitrogen and oxygen atoms in total. The monoisotopic (exact) mass is 467 g/mol. The Morgan fingerprint density at radius 1 is 0.970 bits per heavy atom. The Balaban J connectivity index is 1.74. The zero-order valence-corrected chi connectivity index (χ0v) is 19.1. The lowest BCUT2D eigenvalue weighted by molar-refractivity contribution is 0.0996. The number of carbonyl (C=O) groups is 2. The van der Waals surface area contributed by atoms with Gasteiger partial charge in [-0.15, -0.1) is 0 Å². The summed E-state index contributed by atoms with van der Waals surface area (Å²) in [4.78, 5) is 23.9. The Labute approximate surface area is 193 Å². The Morgan fingerprint density at radius 3 is 2.21 bits per heavy atom. The van der Waals surface area contributed by atoms with Gasteiger partial charge in [-0.05, 0) is 67.1 Å². The number of anilines is 2. The first-order valence-electron chi connectivity index (χ1n) is 10.2. The van der Waals surface area contributed by atoms with Crippen LogP contribution in [0.4, 0.5) is 11.4 Å². The van der Waals surface area contributed by atoms with Crippen molar-refractivity contribution in [2.75, 3.05) is 22.5 Å². The highest BCUT2D eigenvalue weighted by Crippen LogP contribution is 2.24. The van der Waals surface area contributed by atoms with E-state index in [0.717, 1.165) is 6.26 Å². The third kappa shape index (κ3) is 6.33. The smallest absolute Gasteiger partial charge is 0.255 e. The second kappa shape index (κ2) is 10.2. The van der Waals surface area contributed by atoms with Gasteiger partial charge in [0.25, 0.3) is 5.91 Å². The topological polar surface area (TPSA) is 119 Å². The van der Waals surface area contributed by atoms with E-state index < -0.39 is 15.9 Å². The van der Waals surface area contributed by atoms with Crippen molar-refractivity contribution in [1.29, 1.82) is 0 Å². The van der Waals surface area contributed by atoms with E-state index in [1.54, 1.807) is 66.7 Å². The molecule has 0 spiro atoms. The number of nitrogens with zero attached hydrogens (tertiary/aromatic N) is 1. The first-order chi connectivity index (χ1) is 15.7. The van der Waals surface area contributed by atoms with Crippen molar-refractivity contribution in [3.63, 3.8) is 0 Å². The molecule has 0 unspecified atom stereocenters. The predicted octanol–water partition coefficient (Wildman–Crippen LogP) is 3.40. The second-order valence-electron chi connectivity index (χ2n) is 7.29. The van der Waals surface area contributed by atoms with E-state index in [4.69, 9.17) is 10.5 Å². The zero-order valence-electron chi connectivity index (χ0n) is 18.3. The lowest BCUT2D eigenvalue weighted by Crippen LogP contribution is -2.29. The number of benzene rings is 3. The van der Waals surface area contributed by atoms with Gasteiger partial charge in [0.15, 0.2) is 0 Å². The van der Waals surface area contributed by atoms with Crippen LogP contribution in [0.15, 0.2) is 72.8 Å². The summed E-state index contributed by atoms with van der Waals surface area (Å²) in [5, 5.41) is 2.71. The summed E-state index contributed by atoms with van der Waals surface area (Å²) in [7, 11) is -3.54. The van der Waals surface area contributed by atoms with Crippen molar-refractivity contribution in [2.45, 2.75) is 13.5 Å². The van der Waals surface area contributed by atoms with Crippen molar-refractivity contribution >= 4 is 33.2 Å². The molecule has 0 bridgehead atoms. The van der Waals surface area contributed by atoms with E-state index in [9.17, 15) is 18.0 Å². The fraction of sp³-hybridized carbons (Fsp3) is 0.167. The van der Waals surface area contributed by atoms with Crippen LogP contribution < -0.4 is 20.1 Å². The minimum Gasteiger partial charge on any atom is -0.494 e. The molecule has 2 amide bonds. The Hall–Kier alpha value is -3.85. The van der Waals surface area contributed by atoms with Crippen LogP contribution in [0.25, 0.3) is 0 Å². The van der Waals surface area contributed by atoms with Crippen LogP contribution in [0, 0.1) is 0 Å². The van der Waals surface area contributed by atoms with E-state index >= 15 is 0 Å². The number of nitrogens with one attached hydrogen (secondary N) is 1. The van der Waals surface area contributed by atoms with E-state index in [2.05, 4.69) is 5.32 Å². The van der Waals surface area contributed by atoms with Gasteiger partial charge in [-0.1, -0.05) is 18.2 Å². The molecular weight excluding hydrogens is 442 g/mol. The number of carbonyl (C=O) groups excluding carboxylic acids is 2. The first kappa shape index (κ1) is 23.8. The minimum absolute atomic E-state index is 0.107. The van der Waals surface area contributed by atoms with Crippen LogP contribution >= 0.6 is 0 Å². The summed E-state index contributed by atoms with van der Waals surface area (Å²) in [6.45, 7) is 2.50. The molecule has 0 aromatic heterocycles. The summed E-state index contributed by atoms with van der Waals surface area (Å²) in [5.74, 6) is -0.292. The molecule has 172 valence electrons. The summed E-state index contributed by atoms with van der Waals surface area (Å²) in [6.07, 6.45) is 1.14. The van der Waals surface area contributed by atoms with Gasteiger partial charge < -0.3 is 15.8 Å². The van der Waals surface area contributed by atoms with E-state index in [0.29, 0.717) is 40.4 Å². The average Bonchev–Trinajstić information content (AvgIpc) is 2.78. The maximum absolute atomic E-state index is 12.5. The third-order valence-corrected chi connectivity index (χ3v) is 5.92. The standard InChI is InChI=1S/C24H25N3O5S/c1-3-32-22-13-11-21(12-14-22)27(33(2,30)31)16-17-7-9-18(10-8-17)24(29)26-20-6-4-5-19(15-20)23(25)28/h4-15H,3,16H2,1-2H3,(H2,25,28)(H,26,29). The van der Waals surface area contributed by atoms with Gasteiger partial charge in [-0.3, -0.25) is 13.9 Å². The Morgan fingerprint density at radius 2 is 1.64 bits per heavy atom. The fourth-order valence-electron chi connectivity index (χ4n) is 3.16. The van der Waals surface area contributed by atoms with Crippen molar-refractivity contribution in [3.8, 4) is 5.75 Å². The van der Waals surface area contributed by atoms with Gasteiger partial charge in [0, 0.05) is 16.8 Å². The number of sulfonamides is 1. The number of rotatable bonds is 9. The normalized spacial score (nSPS) is 11.0. The van der Waals surface area contributed by atoms with Crippen LogP contribution in [-0.4, -0.2) is 33.1 Å². The van der Waals surface area contributed by atoms with Crippen LogP contribution in [0.1, 0.15) is 33.2 Å². The average molecular weight is 468 g/mol. The van der Waals surface area contributed by atoms with E-state index in [1.807, 2.05) is 6.92 Å². The number of nitrogens with two attached hydrogens (primary N) is 1. The number of ether oxygens (including phenoxy) is 1. The molecule has 3 aromatic carbocycles. The molecular formula is C24H25N3O5S. The van der Waals surface area contributed by atoms with Gasteiger partial charge in [0.2, 0.25) is 15.9 Å². The highest BCUT2D eigenvalue weighted by Gasteiger charge is 2.18. The van der Waals surface area contributed by atoms with Crippen molar-refractivity contribution < 1.29 is 22.7 Å². The largest absolute Gasteiger partial charge is 0.494 e. The van der Waals surface area contributed by atoms with Gasteiger partial charge in [-0.25, -0.2) is 8.42 Å². The minimum atomic E-state index is -3.54. The van der Waals surface area contributed by atoms with Crippen LogP contribution in [0.3, 0.4) is 0 Å². The van der Waals surface area contributed by atoms with E-state index in [-0.39, 0.29) is 12.5 Å². The summed E-state index contributed by atoms with van der Waals surface area (Å²) in [6, 6.07) is 19.8. The van der Waals surface area contributed by atoms with E-state index in [1.165, 1.54) is 10.4 Å². The Bertz CT molecular complexity index is 1240. The molecule has 0 aliphatic heterocycles. The summed E-state index contributed by atoms with van der Waals surface area (Å²) < 4.78 is 31.5. The van der Waals surface area contributed by atoms with Gasteiger partial charge >= 0.3 is 0 Å².